The second kappa shape index (κ2) is 7.68. The predicted molar refractivity (Wildman–Crippen MR) is 68.9 cm³/mol. The molecule has 0 aromatic carbocycles. The number of nitrogens with zero attached hydrogens (tertiary/aromatic N) is 1. The first kappa shape index (κ1) is 13.5. The molecule has 1 aromatic heterocycles. The third-order valence-electron chi connectivity index (χ3n) is 1.83. The zero-order chi connectivity index (χ0) is 11.8. The van der Waals surface area contributed by atoms with E-state index in [1.807, 2.05) is 13.8 Å². The lowest BCUT2D eigenvalue weighted by atomic mass is 10.5. The van der Waals surface area contributed by atoms with Gasteiger partial charge in [0.1, 0.15) is 0 Å². The summed E-state index contributed by atoms with van der Waals surface area (Å²) in [5.74, 6) is 1.59. The SMILES string of the molecule is CCCOC(=O)CCSCc1csc(C)n1. The van der Waals surface area contributed by atoms with Gasteiger partial charge >= 0.3 is 5.97 Å². The second-order valence-corrected chi connectivity index (χ2v) is 5.55. The van der Waals surface area contributed by atoms with Gasteiger partial charge < -0.3 is 4.74 Å². The molecule has 1 heterocycles. The number of carbonyl (C=O) groups excluding carboxylic acids is 1. The van der Waals surface area contributed by atoms with Crippen LogP contribution >= 0.6 is 23.1 Å². The number of carbonyl (C=O) groups is 1. The van der Waals surface area contributed by atoms with Crippen LogP contribution in [0.5, 0.6) is 0 Å². The number of ether oxygens (including phenoxy) is 1. The summed E-state index contributed by atoms with van der Waals surface area (Å²) in [5, 5.41) is 3.16. The number of esters is 1. The van der Waals surface area contributed by atoms with Crippen LogP contribution in [0.15, 0.2) is 5.38 Å². The Morgan fingerprint density at radius 3 is 3.06 bits per heavy atom. The van der Waals surface area contributed by atoms with Crippen LogP contribution in [0.2, 0.25) is 0 Å². The van der Waals surface area contributed by atoms with Gasteiger partial charge in [0, 0.05) is 16.9 Å². The summed E-state index contributed by atoms with van der Waals surface area (Å²) >= 11 is 3.39. The molecule has 0 atom stereocenters. The summed E-state index contributed by atoms with van der Waals surface area (Å²) in [6, 6.07) is 0. The Bertz CT molecular complexity index is 326. The molecule has 5 heteroatoms. The van der Waals surface area contributed by atoms with Gasteiger partial charge in [0.25, 0.3) is 0 Å². The second-order valence-electron chi connectivity index (χ2n) is 3.38. The van der Waals surface area contributed by atoms with Crippen LogP contribution in [0.25, 0.3) is 0 Å². The molecule has 0 N–H and O–H groups in total. The molecule has 0 amide bonds. The number of thioether (sulfide) groups is 1. The van der Waals surface area contributed by atoms with E-state index in [1.165, 1.54) is 0 Å². The molecule has 0 saturated carbocycles. The van der Waals surface area contributed by atoms with Crippen LogP contribution in [-0.2, 0) is 15.3 Å². The van der Waals surface area contributed by atoms with Gasteiger partial charge in [-0.25, -0.2) is 4.98 Å². The average molecular weight is 259 g/mol. The molecule has 0 fully saturated rings. The summed E-state index contributed by atoms with van der Waals surface area (Å²) in [4.78, 5) is 15.5. The Balaban J connectivity index is 2.05. The van der Waals surface area contributed by atoms with Crippen molar-refractivity contribution < 1.29 is 9.53 Å². The zero-order valence-electron chi connectivity index (χ0n) is 9.69. The quantitative estimate of drug-likeness (QED) is 0.557. The lowest BCUT2D eigenvalue weighted by Gasteiger charge is -2.02. The van der Waals surface area contributed by atoms with Crippen LogP contribution in [0.4, 0.5) is 0 Å². The number of rotatable bonds is 7. The maximum absolute atomic E-state index is 11.2. The lowest BCUT2D eigenvalue weighted by molar-refractivity contribution is -0.143. The molecule has 0 aliphatic rings. The topological polar surface area (TPSA) is 39.2 Å². The first-order valence-corrected chi connectivity index (χ1v) is 7.40. The third-order valence-corrected chi connectivity index (χ3v) is 3.65. The van der Waals surface area contributed by atoms with Gasteiger partial charge in [0.05, 0.1) is 23.7 Å². The molecule has 1 aromatic rings. The van der Waals surface area contributed by atoms with Crippen molar-refractivity contribution >= 4 is 29.1 Å². The van der Waals surface area contributed by atoms with Gasteiger partial charge in [-0.15, -0.1) is 11.3 Å². The summed E-state index contributed by atoms with van der Waals surface area (Å²) in [6.07, 6.45) is 1.38. The lowest BCUT2D eigenvalue weighted by Crippen LogP contribution is -2.06. The van der Waals surface area contributed by atoms with E-state index in [0.29, 0.717) is 13.0 Å². The first-order chi connectivity index (χ1) is 7.72. The zero-order valence-corrected chi connectivity index (χ0v) is 11.3. The molecule has 0 spiro atoms. The highest BCUT2D eigenvalue weighted by Gasteiger charge is 2.03. The van der Waals surface area contributed by atoms with Crippen molar-refractivity contribution in [3.05, 3.63) is 16.1 Å². The maximum atomic E-state index is 11.2. The van der Waals surface area contributed by atoms with E-state index in [1.54, 1.807) is 23.1 Å². The Hall–Kier alpha value is -0.550. The normalized spacial score (nSPS) is 10.4. The summed E-state index contributed by atoms with van der Waals surface area (Å²) in [6.45, 7) is 4.53. The minimum Gasteiger partial charge on any atom is -0.466 e. The van der Waals surface area contributed by atoms with Crippen molar-refractivity contribution in [2.24, 2.45) is 0 Å². The summed E-state index contributed by atoms with van der Waals surface area (Å²) in [7, 11) is 0. The van der Waals surface area contributed by atoms with Crippen molar-refractivity contribution in [2.45, 2.75) is 32.4 Å². The molecule has 3 nitrogen and oxygen atoms in total. The number of aryl methyl sites for hydroxylation is 1. The first-order valence-electron chi connectivity index (χ1n) is 5.36. The van der Waals surface area contributed by atoms with Crippen LogP contribution in [0.3, 0.4) is 0 Å². The molecule has 0 aliphatic carbocycles. The molecular weight excluding hydrogens is 242 g/mol. The van der Waals surface area contributed by atoms with E-state index in [-0.39, 0.29) is 5.97 Å². The Kier molecular flexibility index (Phi) is 6.49. The van der Waals surface area contributed by atoms with Crippen molar-refractivity contribution in [1.82, 2.24) is 4.98 Å². The molecule has 1 rings (SSSR count). The van der Waals surface area contributed by atoms with E-state index < -0.39 is 0 Å². The van der Waals surface area contributed by atoms with Crippen LogP contribution in [-0.4, -0.2) is 23.3 Å². The van der Waals surface area contributed by atoms with Gasteiger partial charge in [-0.1, -0.05) is 6.92 Å². The number of hydrogen-bond acceptors (Lipinski definition) is 5. The molecule has 0 radical (unpaired) electrons. The Labute approximate surface area is 105 Å². The minimum atomic E-state index is -0.0937. The Morgan fingerprint density at radius 2 is 2.44 bits per heavy atom. The van der Waals surface area contributed by atoms with E-state index >= 15 is 0 Å². The fourth-order valence-electron chi connectivity index (χ4n) is 1.09. The van der Waals surface area contributed by atoms with Crippen molar-refractivity contribution in [3.8, 4) is 0 Å². The maximum Gasteiger partial charge on any atom is 0.306 e. The van der Waals surface area contributed by atoms with Gasteiger partial charge in [0.15, 0.2) is 0 Å². The van der Waals surface area contributed by atoms with Crippen molar-refractivity contribution in [3.63, 3.8) is 0 Å². The molecule has 0 aliphatic heterocycles. The predicted octanol–water partition coefficient (Wildman–Crippen LogP) is 3.03. The van der Waals surface area contributed by atoms with E-state index in [4.69, 9.17) is 4.74 Å². The highest BCUT2D eigenvalue weighted by Crippen LogP contribution is 2.15. The molecule has 90 valence electrons. The molecule has 0 saturated heterocycles. The fourth-order valence-corrected chi connectivity index (χ4v) is 2.63. The van der Waals surface area contributed by atoms with Gasteiger partial charge in [-0.05, 0) is 13.3 Å². The highest BCUT2D eigenvalue weighted by molar-refractivity contribution is 7.98. The average Bonchev–Trinajstić information content (AvgIpc) is 2.67. The monoisotopic (exact) mass is 259 g/mol. The summed E-state index contributed by atoms with van der Waals surface area (Å²) in [5.41, 5.74) is 1.11. The Morgan fingerprint density at radius 1 is 1.62 bits per heavy atom. The van der Waals surface area contributed by atoms with Crippen LogP contribution < -0.4 is 0 Å². The largest absolute Gasteiger partial charge is 0.466 e. The standard InChI is InChI=1S/C11H17NO2S2/c1-3-5-14-11(13)4-6-15-7-10-8-16-9(2)12-10/h8H,3-7H2,1-2H3. The van der Waals surface area contributed by atoms with E-state index in [0.717, 1.165) is 28.6 Å². The number of aromatic nitrogens is 1. The van der Waals surface area contributed by atoms with E-state index in [9.17, 15) is 4.79 Å². The van der Waals surface area contributed by atoms with Gasteiger partial charge in [0.2, 0.25) is 0 Å². The molecular formula is C11H17NO2S2. The number of thiazole rings is 1. The number of hydrogen-bond donors (Lipinski definition) is 0. The van der Waals surface area contributed by atoms with Gasteiger partial charge in [-0.2, -0.15) is 11.8 Å². The third kappa shape index (κ3) is 5.51. The minimum absolute atomic E-state index is 0.0937. The van der Waals surface area contributed by atoms with Crippen LogP contribution in [0, 0.1) is 6.92 Å². The molecule has 16 heavy (non-hydrogen) atoms. The molecule has 0 unspecified atom stereocenters. The smallest absolute Gasteiger partial charge is 0.306 e. The summed E-state index contributed by atoms with van der Waals surface area (Å²) < 4.78 is 4.98. The van der Waals surface area contributed by atoms with Crippen molar-refractivity contribution in [2.75, 3.05) is 12.4 Å². The van der Waals surface area contributed by atoms with Gasteiger partial charge in [-0.3, -0.25) is 4.79 Å². The highest BCUT2D eigenvalue weighted by atomic mass is 32.2. The van der Waals surface area contributed by atoms with Crippen LogP contribution in [0.1, 0.15) is 30.5 Å². The van der Waals surface area contributed by atoms with E-state index in [2.05, 4.69) is 10.4 Å². The fraction of sp³-hybridized carbons (Fsp3) is 0.636. The molecule has 0 bridgehead atoms. The van der Waals surface area contributed by atoms with Crippen molar-refractivity contribution in [1.29, 1.82) is 0 Å².